The number of fused-ring (bicyclic) bond motifs is 1. The van der Waals surface area contributed by atoms with Crippen molar-refractivity contribution >= 4 is 40.0 Å². The second-order valence-corrected chi connectivity index (χ2v) is 9.35. The Kier molecular flexibility index (Phi) is 8.65. The molecule has 2 heterocycles. The van der Waals surface area contributed by atoms with E-state index in [9.17, 15) is 27.6 Å². The molecule has 0 aliphatic rings. The van der Waals surface area contributed by atoms with E-state index in [0.717, 1.165) is 33.5 Å². The van der Waals surface area contributed by atoms with Crippen molar-refractivity contribution < 1.29 is 42.3 Å². The normalized spacial score (nSPS) is 12.0. The quantitative estimate of drug-likeness (QED) is 0.217. The minimum absolute atomic E-state index is 0.142. The number of carbonyl (C=O) groups is 3. The maximum Gasteiger partial charge on any atom is 0.493 e. The highest BCUT2D eigenvalue weighted by atomic mass is 32.1. The number of nitrogens with one attached hydrogen (secondary N) is 1. The molecule has 4 aromatic rings. The van der Waals surface area contributed by atoms with Crippen LogP contribution in [0.5, 0.6) is 5.75 Å². The zero-order chi connectivity index (χ0) is 28.9. The lowest BCUT2D eigenvalue weighted by Gasteiger charge is -2.29. The Bertz CT molecular complexity index is 1510. The molecule has 40 heavy (non-hydrogen) atoms. The number of thiophene rings is 1. The van der Waals surface area contributed by atoms with Gasteiger partial charge in [0, 0.05) is 22.2 Å². The van der Waals surface area contributed by atoms with E-state index in [4.69, 9.17) is 9.94 Å². The van der Waals surface area contributed by atoms with Gasteiger partial charge in [0.1, 0.15) is 18.4 Å². The van der Waals surface area contributed by atoms with Crippen molar-refractivity contribution in [2.24, 2.45) is 0 Å². The fraction of sp³-hybridized carbons (Fsp3) is 0.185. The number of pyridine rings is 1. The van der Waals surface area contributed by atoms with Gasteiger partial charge in [-0.15, -0.1) is 0 Å². The number of hydrogen-bond donors (Lipinski definition) is 2. The summed E-state index contributed by atoms with van der Waals surface area (Å²) in [6.45, 7) is 2.05. The number of hydroxylamine groups is 3. The number of ether oxygens (including phenoxy) is 1. The van der Waals surface area contributed by atoms with Gasteiger partial charge < -0.3 is 9.57 Å². The van der Waals surface area contributed by atoms with E-state index in [1.807, 2.05) is 37.3 Å². The van der Waals surface area contributed by atoms with Crippen molar-refractivity contribution in [3.8, 4) is 5.75 Å². The first kappa shape index (κ1) is 28.5. The van der Waals surface area contributed by atoms with E-state index >= 15 is 0 Å². The second-order valence-electron chi connectivity index (χ2n) is 8.57. The number of para-hydroxylation sites is 1. The van der Waals surface area contributed by atoms with Gasteiger partial charge in [0.2, 0.25) is 5.91 Å². The molecule has 0 fully saturated rings. The minimum atomic E-state index is -5.41. The third-order valence-corrected chi connectivity index (χ3v) is 6.45. The van der Waals surface area contributed by atoms with Crippen LogP contribution in [0.4, 0.5) is 13.2 Å². The molecule has 0 aliphatic heterocycles. The van der Waals surface area contributed by atoms with Gasteiger partial charge in [-0.3, -0.25) is 19.8 Å². The van der Waals surface area contributed by atoms with E-state index in [1.54, 1.807) is 5.38 Å². The highest BCUT2D eigenvalue weighted by molar-refractivity contribution is 7.08. The molecule has 9 nitrogen and oxygen atoms in total. The number of amides is 2. The Morgan fingerprint density at radius 3 is 2.48 bits per heavy atom. The Morgan fingerprint density at radius 1 is 1.10 bits per heavy atom. The SMILES string of the molecule is Cc1cc(COc2ccc(C(=O)N(OC(=O)C(F)(F)F)C(CC(=O)NO)c3ccsc3)cc2)c2ccccc2n1. The topological polar surface area (TPSA) is 118 Å². The van der Waals surface area contributed by atoms with Gasteiger partial charge in [0.15, 0.2) is 0 Å². The van der Waals surface area contributed by atoms with Crippen LogP contribution in [0.15, 0.2) is 71.4 Å². The lowest BCUT2D eigenvalue weighted by molar-refractivity contribution is -0.235. The summed E-state index contributed by atoms with van der Waals surface area (Å²) in [4.78, 5) is 45.9. The Hall–Kier alpha value is -4.49. The van der Waals surface area contributed by atoms with Crippen LogP contribution in [0, 0.1) is 6.92 Å². The molecular weight excluding hydrogens is 551 g/mol. The highest BCUT2D eigenvalue weighted by Crippen LogP contribution is 2.31. The standard InChI is InChI=1S/C27H22F3N3O6S/c1-16-12-19(21-4-2-3-5-22(21)31-16)14-38-20-8-6-17(7-9-20)25(35)33(39-26(36)27(28,29)30)23(13-24(34)32-37)18-10-11-40-15-18/h2-12,15,23,37H,13-14H2,1H3,(H,32,34). The molecule has 0 saturated carbocycles. The zero-order valence-corrected chi connectivity index (χ0v) is 21.7. The van der Waals surface area contributed by atoms with Gasteiger partial charge in [0.05, 0.1) is 11.9 Å². The van der Waals surface area contributed by atoms with Gasteiger partial charge >= 0.3 is 12.1 Å². The number of rotatable bonds is 8. The fourth-order valence-corrected chi connectivity index (χ4v) is 4.61. The third-order valence-electron chi connectivity index (χ3n) is 5.75. The first-order valence-electron chi connectivity index (χ1n) is 11.7. The summed E-state index contributed by atoms with van der Waals surface area (Å²) >= 11 is 1.14. The summed E-state index contributed by atoms with van der Waals surface area (Å²) in [6.07, 6.45) is -6.10. The first-order valence-corrected chi connectivity index (χ1v) is 12.7. The molecule has 1 atom stereocenters. The van der Waals surface area contributed by atoms with Crippen LogP contribution < -0.4 is 10.2 Å². The summed E-state index contributed by atoms with van der Waals surface area (Å²) in [6, 6.07) is 14.9. The molecule has 0 radical (unpaired) electrons. The van der Waals surface area contributed by atoms with E-state index in [-0.39, 0.29) is 22.8 Å². The smallest absolute Gasteiger partial charge is 0.489 e. The van der Waals surface area contributed by atoms with Crippen molar-refractivity contribution in [3.63, 3.8) is 0 Å². The van der Waals surface area contributed by atoms with E-state index < -0.39 is 36.4 Å². The summed E-state index contributed by atoms with van der Waals surface area (Å²) < 4.78 is 45.0. The predicted molar refractivity (Wildman–Crippen MR) is 137 cm³/mol. The molecule has 4 rings (SSSR count). The third kappa shape index (κ3) is 6.74. The first-order chi connectivity index (χ1) is 19.1. The van der Waals surface area contributed by atoms with Gasteiger partial charge in [-0.25, -0.2) is 10.3 Å². The average Bonchev–Trinajstić information content (AvgIpc) is 3.47. The van der Waals surface area contributed by atoms with Crippen molar-refractivity contribution in [3.05, 3.63) is 93.8 Å². The number of aryl methyl sites for hydroxylation is 1. The van der Waals surface area contributed by atoms with Crippen molar-refractivity contribution in [1.82, 2.24) is 15.5 Å². The molecule has 208 valence electrons. The lowest BCUT2D eigenvalue weighted by atomic mass is 10.1. The number of benzene rings is 2. The van der Waals surface area contributed by atoms with Crippen LogP contribution >= 0.6 is 11.3 Å². The number of alkyl halides is 3. The average molecular weight is 574 g/mol. The number of hydrogen-bond acceptors (Lipinski definition) is 8. The molecule has 1 unspecified atom stereocenters. The number of carbonyl (C=O) groups excluding carboxylic acids is 3. The molecule has 0 saturated heterocycles. The van der Waals surface area contributed by atoms with Crippen LogP contribution in [0.2, 0.25) is 0 Å². The van der Waals surface area contributed by atoms with Crippen molar-refractivity contribution in [2.75, 3.05) is 0 Å². The molecule has 0 aliphatic carbocycles. The Labute approximate surface area is 229 Å². The van der Waals surface area contributed by atoms with Gasteiger partial charge in [-0.1, -0.05) is 18.2 Å². The van der Waals surface area contributed by atoms with E-state index in [1.165, 1.54) is 41.2 Å². The molecule has 13 heteroatoms. The summed E-state index contributed by atoms with van der Waals surface area (Å²) in [7, 11) is 0. The maximum absolute atomic E-state index is 13.3. The largest absolute Gasteiger partial charge is 0.493 e. The second kappa shape index (κ2) is 12.1. The van der Waals surface area contributed by atoms with Crippen molar-refractivity contribution in [2.45, 2.75) is 32.2 Å². The molecule has 2 amide bonds. The molecule has 0 spiro atoms. The number of halogens is 3. The minimum Gasteiger partial charge on any atom is -0.489 e. The molecule has 2 aromatic carbocycles. The Balaban J connectivity index is 1.58. The van der Waals surface area contributed by atoms with Crippen LogP contribution in [0.3, 0.4) is 0 Å². The lowest BCUT2D eigenvalue weighted by Crippen LogP contribution is -2.42. The number of aromatic nitrogens is 1. The summed E-state index contributed by atoms with van der Waals surface area (Å²) in [5, 5.41) is 13.1. The summed E-state index contributed by atoms with van der Waals surface area (Å²) in [5.74, 6) is -4.42. The van der Waals surface area contributed by atoms with E-state index in [0.29, 0.717) is 5.75 Å². The monoisotopic (exact) mass is 573 g/mol. The van der Waals surface area contributed by atoms with Gasteiger partial charge in [-0.05, 0) is 65.7 Å². The Morgan fingerprint density at radius 2 is 1.82 bits per heavy atom. The zero-order valence-electron chi connectivity index (χ0n) is 20.8. The van der Waals surface area contributed by atoms with E-state index in [2.05, 4.69) is 9.82 Å². The molecule has 0 bridgehead atoms. The fourth-order valence-electron chi connectivity index (χ4n) is 3.91. The van der Waals surface area contributed by atoms with Crippen LogP contribution in [0.1, 0.15) is 39.6 Å². The molecule has 2 N–H and O–H groups in total. The number of nitrogens with zero attached hydrogens (tertiary/aromatic N) is 2. The summed E-state index contributed by atoms with van der Waals surface area (Å²) in [5.41, 5.74) is 3.95. The van der Waals surface area contributed by atoms with Gasteiger partial charge in [0.25, 0.3) is 5.91 Å². The van der Waals surface area contributed by atoms with Gasteiger partial charge in [-0.2, -0.15) is 29.6 Å². The highest BCUT2D eigenvalue weighted by Gasteiger charge is 2.45. The van der Waals surface area contributed by atoms with Crippen LogP contribution in [-0.2, 0) is 21.0 Å². The van der Waals surface area contributed by atoms with Crippen LogP contribution in [0.25, 0.3) is 10.9 Å². The molecular formula is C27H22F3N3O6S. The predicted octanol–water partition coefficient (Wildman–Crippen LogP) is 5.28. The maximum atomic E-state index is 13.3. The van der Waals surface area contributed by atoms with Crippen LogP contribution in [-0.4, -0.2) is 39.2 Å². The molecule has 2 aromatic heterocycles. The van der Waals surface area contributed by atoms with Crippen molar-refractivity contribution in [1.29, 1.82) is 0 Å².